The Balaban J connectivity index is 2.41. The molecule has 0 aliphatic carbocycles. The second-order valence-corrected chi connectivity index (χ2v) is 5.06. The van der Waals surface area contributed by atoms with E-state index in [0.29, 0.717) is 30.8 Å². The van der Waals surface area contributed by atoms with Crippen molar-refractivity contribution in [3.8, 4) is 0 Å². The summed E-state index contributed by atoms with van der Waals surface area (Å²) in [4.78, 5) is 26.1. The fourth-order valence-electron chi connectivity index (χ4n) is 2.40. The highest BCUT2D eigenvalue weighted by atomic mass is 16.3. The molecule has 1 unspecified atom stereocenters. The van der Waals surface area contributed by atoms with Crippen LogP contribution in [0.2, 0.25) is 0 Å². The van der Waals surface area contributed by atoms with Crippen molar-refractivity contribution in [3.63, 3.8) is 0 Å². The van der Waals surface area contributed by atoms with Gasteiger partial charge in [-0.2, -0.15) is 5.10 Å². The maximum atomic E-state index is 12.5. The van der Waals surface area contributed by atoms with Crippen molar-refractivity contribution < 1.29 is 9.90 Å². The highest BCUT2D eigenvalue weighted by Crippen LogP contribution is 2.15. The lowest BCUT2D eigenvalue weighted by Crippen LogP contribution is -2.45. The first kappa shape index (κ1) is 13.7. The molecule has 104 valence electrons. The van der Waals surface area contributed by atoms with Crippen LogP contribution in [0.4, 0.5) is 0 Å². The minimum atomic E-state index is -0.496. The smallest absolute Gasteiger partial charge is 0.279 e. The number of aryl methyl sites for hydroxylation is 2. The molecule has 1 N–H and O–H groups in total. The van der Waals surface area contributed by atoms with E-state index in [1.807, 2.05) is 0 Å². The summed E-state index contributed by atoms with van der Waals surface area (Å²) in [5, 5.41) is 13.7. The van der Waals surface area contributed by atoms with Crippen molar-refractivity contribution in [1.29, 1.82) is 0 Å². The number of nitrogens with zero attached hydrogens (tertiary/aromatic N) is 3. The molecule has 1 aliphatic rings. The number of aliphatic hydroxyl groups is 1. The molecule has 0 spiro atoms. The minimum Gasteiger partial charge on any atom is -0.391 e. The SMILES string of the molecule is Cc1nn(C)c(=O)c(C(=O)N2CCCC(O)C2)c1C. The molecule has 0 aromatic carbocycles. The van der Waals surface area contributed by atoms with Crippen LogP contribution < -0.4 is 5.56 Å². The molecule has 2 rings (SSSR count). The molecule has 1 amide bonds. The molecule has 1 aromatic rings. The highest BCUT2D eigenvalue weighted by molar-refractivity contribution is 5.95. The first-order chi connectivity index (χ1) is 8.91. The van der Waals surface area contributed by atoms with Crippen LogP contribution in [0.5, 0.6) is 0 Å². The second-order valence-electron chi connectivity index (χ2n) is 5.06. The van der Waals surface area contributed by atoms with E-state index in [4.69, 9.17) is 0 Å². The largest absolute Gasteiger partial charge is 0.391 e. The van der Waals surface area contributed by atoms with Crippen LogP contribution in [0.3, 0.4) is 0 Å². The van der Waals surface area contributed by atoms with Gasteiger partial charge in [0.05, 0.1) is 11.8 Å². The molecule has 1 aliphatic heterocycles. The molecule has 6 nitrogen and oxygen atoms in total. The Labute approximate surface area is 111 Å². The molecule has 0 bridgehead atoms. The van der Waals surface area contributed by atoms with Crippen molar-refractivity contribution in [2.75, 3.05) is 13.1 Å². The van der Waals surface area contributed by atoms with Gasteiger partial charge in [0.2, 0.25) is 0 Å². The number of amides is 1. The lowest BCUT2D eigenvalue weighted by atomic mass is 10.0. The fraction of sp³-hybridized carbons (Fsp3) is 0.615. The Morgan fingerprint density at radius 3 is 2.74 bits per heavy atom. The minimum absolute atomic E-state index is 0.170. The van der Waals surface area contributed by atoms with Gasteiger partial charge in [-0.15, -0.1) is 0 Å². The van der Waals surface area contributed by atoms with E-state index in [0.717, 1.165) is 6.42 Å². The van der Waals surface area contributed by atoms with Crippen LogP contribution in [0.15, 0.2) is 4.79 Å². The standard InChI is InChI=1S/C13H19N3O3/c1-8-9(2)14-15(3)12(18)11(8)13(19)16-6-4-5-10(17)7-16/h10,17H,4-7H2,1-3H3. The molecule has 1 atom stereocenters. The highest BCUT2D eigenvalue weighted by Gasteiger charge is 2.27. The number of carbonyl (C=O) groups is 1. The summed E-state index contributed by atoms with van der Waals surface area (Å²) >= 11 is 0. The van der Waals surface area contributed by atoms with Crippen LogP contribution in [-0.2, 0) is 7.05 Å². The Hall–Kier alpha value is -1.69. The van der Waals surface area contributed by atoms with Gasteiger partial charge in [-0.25, -0.2) is 4.68 Å². The zero-order chi connectivity index (χ0) is 14.2. The van der Waals surface area contributed by atoms with Crippen LogP contribution in [0.1, 0.15) is 34.5 Å². The number of likely N-dealkylation sites (tertiary alicyclic amines) is 1. The van der Waals surface area contributed by atoms with E-state index in [1.165, 1.54) is 11.7 Å². The first-order valence-electron chi connectivity index (χ1n) is 6.43. The number of aliphatic hydroxyl groups excluding tert-OH is 1. The van der Waals surface area contributed by atoms with E-state index in [1.54, 1.807) is 18.7 Å². The number of hydrogen-bond acceptors (Lipinski definition) is 4. The van der Waals surface area contributed by atoms with Gasteiger partial charge in [-0.1, -0.05) is 0 Å². The van der Waals surface area contributed by atoms with Crippen molar-refractivity contribution in [1.82, 2.24) is 14.7 Å². The Bertz CT molecular complexity index is 565. The van der Waals surface area contributed by atoms with E-state index >= 15 is 0 Å². The number of piperidine rings is 1. The second kappa shape index (κ2) is 5.13. The lowest BCUT2D eigenvalue weighted by molar-refractivity contribution is 0.0470. The first-order valence-corrected chi connectivity index (χ1v) is 6.43. The van der Waals surface area contributed by atoms with E-state index < -0.39 is 6.10 Å². The van der Waals surface area contributed by atoms with Gasteiger partial charge in [0, 0.05) is 20.1 Å². The van der Waals surface area contributed by atoms with Gasteiger partial charge in [-0.05, 0) is 32.3 Å². The number of hydrogen-bond donors (Lipinski definition) is 1. The molecule has 2 heterocycles. The number of aromatic nitrogens is 2. The maximum absolute atomic E-state index is 12.5. The summed E-state index contributed by atoms with van der Waals surface area (Å²) in [6, 6.07) is 0. The average Bonchev–Trinajstić information content (AvgIpc) is 2.36. The summed E-state index contributed by atoms with van der Waals surface area (Å²) < 4.78 is 1.19. The van der Waals surface area contributed by atoms with Crippen molar-refractivity contribution >= 4 is 5.91 Å². The van der Waals surface area contributed by atoms with Crippen molar-refractivity contribution in [3.05, 3.63) is 27.2 Å². The van der Waals surface area contributed by atoms with Crippen molar-refractivity contribution in [2.45, 2.75) is 32.8 Å². The third-order valence-corrected chi connectivity index (χ3v) is 3.62. The van der Waals surface area contributed by atoms with Crippen LogP contribution in [-0.4, -0.2) is 44.9 Å². The lowest BCUT2D eigenvalue weighted by Gasteiger charge is -2.30. The van der Waals surface area contributed by atoms with Gasteiger partial charge in [0.25, 0.3) is 11.5 Å². The molecule has 19 heavy (non-hydrogen) atoms. The molecular formula is C13H19N3O3. The van der Waals surface area contributed by atoms with E-state index in [2.05, 4.69) is 5.10 Å². The summed E-state index contributed by atoms with van der Waals surface area (Å²) in [5.74, 6) is -0.303. The van der Waals surface area contributed by atoms with Gasteiger partial charge < -0.3 is 10.0 Å². The third-order valence-electron chi connectivity index (χ3n) is 3.62. The number of rotatable bonds is 1. The van der Waals surface area contributed by atoms with Crippen LogP contribution in [0, 0.1) is 13.8 Å². The number of carbonyl (C=O) groups excluding carboxylic acids is 1. The predicted octanol–water partition coefficient (Wildman–Crippen LogP) is -0.00596. The molecule has 0 radical (unpaired) electrons. The average molecular weight is 265 g/mol. The molecule has 1 saturated heterocycles. The molecule has 1 fully saturated rings. The zero-order valence-corrected chi connectivity index (χ0v) is 11.5. The third kappa shape index (κ3) is 2.53. The van der Waals surface area contributed by atoms with E-state index in [9.17, 15) is 14.7 Å². The molecule has 6 heteroatoms. The Morgan fingerprint density at radius 2 is 2.11 bits per heavy atom. The maximum Gasteiger partial charge on any atom is 0.279 e. The molecule has 0 saturated carbocycles. The topological polar surface area (TPSA) is 75.4 Å². The summed E-state index contributed by atoms with van der Waals surface area (Å²) in [6.07, 6.45) is 0.969. The summed E-state index contributed by atoms with van der Waals surface area (Å²) in [7, 11) is 1.54. The van der Waals surface area contributed by atoms with Crippen molar-refractivity contribution in [2.24, 2.45) is 7.05 Å². The van der Waals surface area contributed by atoms with Gasteiger partial charge in [0.1, 0.15) is 5.56 Å². The summed E-state index contributed by atoms with van der Waals surface area (Å²) in [6.45, 7) is 4.39. The molecule has 1 aromatic heterocycles. The Kier molecular flexibility index (Phi) is 3.71. The van der Waals surface area contributed by atoms with Gasteiger partial charge >= 0.3 is 0 Å². The Morgan fingerprint density at radius 1 is 1.42 bits per heavy atom. The van der Waals surface area contributed by atoms with E-state index in [-0.39, 0.29) is 17.0 Å². The molecular weight excluding hydrogens is 246 g/mol. The van der Waals surface area contributed by atoms with Gasteiger partial charge in [0.15, 0.2) is 0 Å². The zero-order valence-electron chi connectivity index (χ0n) is 11.5. The van der Waals surface area contributed by atoms with Crippen LogP contribution >= 0.6 is 0 Å². The number of β-amino-alcohol motifs (C(OH)–C–C–N with tert-alkyl or cyclic N) is 1. The van der Waals surface area contributed by atoms with Crippen LogP contribution in [0.25, 0.3) is 0 Å². The summed E-state index contributed by atoms with van der Waals surface area (Å²) in [5.41, 5.74) is 1.08. The van der Waals surface area contributed by atoms with Gasteiger partial charge in [-0.3, -0.25) is 9.59 Å². The normalized spacial score (nSPS) is 19.6. The monoisotopic (exact) mass is 265 g/mol. The predicted molar refractivity (Wildman–Crippen MR) is 70.1 cm³/mol. The quantitative estimate of drug-likeness (QED) is 0.775. The fourth-order valence-corrected chi connectivity index (χ4v) is 2.40.